The number of anilines is 2. The van der Waals surface area contributed by atoms with E-state index in [2.05, 4.69) is 15.6 Å². The summed E-state index contributed by atoms with van der Waals surface area (Å²) in [6, 6.07) is 16.9. The maximum absolute atomic E-state index is 12.9. The number of halogens is 2. The number of aliphatic imine (C=N–C) groups is 1. The van der Waals surface area contributed by atoms with Crippen LogP contribution < -0.4 is 10.6 Å². The van der Waals surface area contributed by atoms with Crippen molar-refractivity contribution in [2.24, 2.45) is 4.99 Å². The first-order valence-corrected chi connectivity index (χ1v) is 10.7. The summed E-state index contributed by atoms with van der Waals surface area (Å²) in [4.78, 5) is 17.5. The lowest BCUT2D eigenvalue weighted by Crippen LogP contribution is -2.22. The number of phenols is 2. The van der Waals surface area contributed by atoms with Crippen molar-refractivity contribution in [3.8, 4) is 11.5 Å². The highest BCUT2D eigenvalue weighted by molar-refractivity contribution is 6.32. The molecule has 6 nitrogen and oxygen atoms in total. The van der Waals surface area contributed by atoms with Gasteiger partial charge in [0.05, 0.1) is 32.8 Å². The van der Waals surface area contributed by atoms with E-state index in [0.717, 1.165) is 11.3 Å². The number of benzene rings is 3. The van der Waals surface area contributed by atoms with Crippen molar-refractivity contribution in [1.82, 2.24) is 0 Å². The molecule has 0 amide bonds. The number of aryl methyl sites for hydroxylation is 1. The quantitative estimate of drug-likeness (QED) is 0.252. The Labute approximate surface area is 200 Å². The van der Waals surface area contributed by atoms with E-state index in [4.69, 9.17) is 23.2 Å². The minimum absolute atomic E-state index is 0.0462. The molecular formula is C25H19Cl2N3O3. The largest absolute Gasteiger partial charge is 0.506 e. The first-order valence-electron chi connectivity index (χ1n) is 9.93. The second-order valence-electron chi connectivity index (χ2n) is 7.40. The number of nitrogens with zero attached hydrogens (tertiary/aromatic N) is 1. The molecule has 0 aromatic heterocycles. The number of rotatable bonds is 5. The summed E-state index contributed by atoms with van der Waals surface area (Å²) < 4.78 is 0. The van der Waals surface area contributed by atoms with Crippen LogP contribution in [0.5, 0.6) is 11.5 Å². The van der Waals surface area contributed by atoms with Crippen molar-refractivity contribution < 1.29 is 15.0 Å². The maximum Gasteiger partial charge on any atom is 0.204 e. The SMILES string of the molecule is Cc1ccc(NC2=CC(=O)C(Nc3ccc(O)c(Cl)c3)=C/C2=N/c2ccc(O)c(Cl)c2)cc1. The van der Waals surface area contributed by atoms with Gasteiger partial charge in [-0.25, -0.2) is 4.99 Å². The van der Waals surface area contributed by atoms with E-state index in [-0.39, 0.29) is 33.0 Å². The molecule has 0 bridgehead atoms. The third-order valence-corrected chi connectivity index (χ3v) is 5.44. The van der Waals surface area contributed by atoms with Crippen LogP contribution in [-0.4, -0.2) is 21.7 Å². The summed E-state index contributed by atoms with van der Waals surface area (Å²) in [7, 11) is 0. The van der Waals surface area contributed by atoms with Gasteiger partial charge in [0, 0.05) is 17.5 Å². The van der Waals surface area contributed by atoms with Crippen LogP contribution >= 0.6 is 23.2 Å². The Morgan fingerprint density at radius 2 is 1.36 bits per heavy atom. The van der Waals surface area contributed by atoms with Crippen LogP contribution in [-0.2, 0) is 4.79 Å². The summed E-state index contributed by atoms with van der Waals surface area (Å²) in [5.41, 5.74) is 4.20. The predicted octanol–water partition coefficient (Wildman–Crippen LogP) is 6.36. The summed E-state index contributed by atoms with van der Waals surface area (Å²) in [6.45, 7) is 1.99. The van der Waals surface area contributed by atoms with Crippen molar-refractivity contribution in [1.29, 1.82) is 0 Å². The number of hydrogen-bond donors (Lipinski definition) is 4. The molecule has 0 saturated carbocycles. The Kier molecular flexibility index (Phi) is 6.40. The van der Waals surface area contributed by atoms with Gasteiger partial charge in [0.25, 0.3) is 0 Å². The van der Waals surface area contributed by atoms with Gasteiger partial charge in [-0.3, -0.25) is 4.79 Å². The minimum Gasteiger partial charge on any atom is -0.506 e. The fraction of sp³-hybridized carbons (Fsp3) is 0.0400. The lowest BCUT2D eigenvalue weighted by Gasteiger charge is -2.19. The maximum atomic E-state index is 12.9. The van der Waals surface area contributed by atoms with Gasteiger partial charge >= 0.3 is 0 Å². The molecule has 4 rings (SSSR count). The molecule has 1 aliphatic rings. The Bertz CT molecular complexity index is 1330. The standard InChI is InChI=1S/C25H19Cl2N3O3/c1-14-2-4-15(5-3-14)28-21-13-25(33)22(30-17-7-9-24(32)19(27)11-17)12-20(21)29-16-6-8-23(31)18(26)10-16/h2-13,28,30-32H,1H3/b29-20-. The first-order chi connectivity index (χ1) is 15.8. The van der Waals surface area contributed by atoms with Gasteiger partial charge in [0.2, 0.25) is 5.78 Å². The van der Waals surface area contributed by atoms with E-state index in [1.165, 1.54) is 30.3 Å². The average Bonchev–Trinajstić information content (AvgIpc) is 2.78. The number of hydrogen-bond acceptors (Lipinski definition) is 6. The molecule has 0 atom stereocenters. The Morgan fingerprint density at radius 1 is 0.758 bits per heavy atom. The number of allylic oxidation sites excluding steroid dienone is 2. The second kappa shape index (κ2) is 9.40. The zero-order valence-electron chi connectivity index (χ0n) is 17.4. The highest BCUT2D eigenvalue weighted by atomic mass is 35.5. The fourth-order valence-electron chi connectivity index (χ4n) is 3.10. The van der Waals surface area contributed by atoms with Crippen LogP contribution in [0.1, 0.15) is 5.56 Å². The molecule has 0 unspecified atom stereocenters. The number of nitrogens with one attached hydrogen (secondary N) is 2. The molecule has 0 fully saturated rings. The van der Waals surface area contributed by atoms with E-state index in [0.29, 0.717) is 22.8 Å². The zero-order chi connectivity index (χ0) is 23.5. The van der Waals surface area contributed by atoms with Crippen molar-refractivity contribution in [2.45, 2.75) is 6.92 Å². The lowest BCUT2D eigenvalue weighted by atomic mass is 10.0. The van der Waals surface area contributed by atoms with Crippen LogP contribution in [0.3, 0.4) is 0 Å². The zero-order valence-corrected chi connectivity index (χ0v) is 18.9. The molecule has 0 spiro atoms. The van der Waals surface area contributed by atoms with Crippen molar-refractivity contribution in [3.63, 3.8) is 0 Å². The monoisotopic (exact) mass is 479 g/mol. The van der Waals surface area contributed by atoms with Crippen molar-refractivity contribution >= 4 is 51.8 Å². The molecule has 0 saturated heterocycles. The van der Waals surface area contributed by atoms with E-state index >= 15 is 0 Å². The highest BCUT2D eigenvalue weighted by Gasteiger charge is 2.20. The molecule has 1 aliphatic carbocycles. The van der Waals surface area contributed by atoms with E-state index in [9.17, 15) is 15.0 Å². The minimum atomic E-state index is -0.267. The van der Waals surface area contributed by atoms with Gasteiger partial charge in [-0.2, -0.15) is 0 Å². The highest BCUT2D eigenvalue weighted by Crippen LogP contribution is 2.30. The van der Waals surface area contributed by atoms with E-state index in [1.807, 2.05) is 31.2 Å². The molecule has 0 aliphatic heterocycles. The van der Waals surface area contributed by atoms with Gasteiger partial charge < -0.3 is 20.8 Å². The lowest BCUT2D eigenvalue weighted by molar-refractivity contribution is -0.111. The summed E-state index contributed by atoms with van der Waals surface area (Å²) in [5, 5.41) is 25.9. The number of aromatic hydroxyl groups is 2. The Hall–Kier alpha value is -3.74. The van der Waals surface area contributed by atoms with Gasteiger partial charge in [-0.05, 0) is 61.5 Å². The van der Waals surface area contributed by atoms with Gasteiger partial charge in [0.15, 0.2) is 0 Å². The summed E-state index contributed by atoms with van der Waals surface area (Å²) in [6.07, 6.45) is 3.06. The second-order valence-corrected chi connectivity index (χ2v) is 8.21. The van der Waals surface area contributed by atoms with Crippen LogP contribution in [0.4, 0.5) is 17.1 Å². The molecule has 0 heterocycles. The van der Waals surface area contributed by atoms with Gasteiger partial charge in [0.1, 0.15) is 11.5 Å². The number of ketones is 1. The van der Waals surface area contributed by atoms with Crippen molar-refractivity contribution in [2.75, 3.05) is 10.6 Å². The summed E-state index contributed by atoms with van der Waals surface area (Å²) in [5.74, 6) is -0.367. The van der Waals surface area contributed by atoms with Gasteiger partial charge in [-0.1, -0.05) is 40.9 Å². The molecule has 3 aromatic carbocycles. The smallest absolute Gasteiger partial charge is 0.204 e. The molecule has 166 valence electrons. The van der Waals surface area contributed by atoms with E-state index < -0.39 is 0 Å². The third-order valence-electron chi connectivity index (χ3n) is 4.84. The number of phenolic OH excluding ortho intramolecular Hbond substituents is 2. The fourth-order valence-corrected chi connectivity index (χ4v) is 3.45. The molecule has 0 radical (unpaired) electrons. The third kappa shape index (κ3) is 5.37. The number of carbonyl (C=O) groups is 1. The van der Waals surface area contributed by atoms with Crippen LogP contribution in [0.15, 0.2) is 89.2 Å². The Balaban J connectivity index is 1.71. The summed E-state index contributed by atoms with van der Waals surface area (Å²) >= 11 is 12.0. The topological polar surface area (TPSA) is 94.0 Å². The van der Waals surface area contributed by atoms with E-state index in [1.54, 1.807) is 18.2 Å². The number of carbonyl (C=O) groups excluding carboxylic acids is 1. The predicted molar refractivity (Wildman–Crippen MR) is 133 cm³/mol. The van der Waals surface area contributed by atoms with Crippen molar-refractivity contribution in [3.05, 3.63) is 99.8 Å². The molecule has 3 aromatic rings. The first kappa shape index (κ1) is 22.5. The normalized spacial score (nSPS) is 14.6. The van der Waals surface area contributed by atoms with Crippen LogP contribution in [0.25, 0.3) is 0 Å². The molecule has 4 N–H and O–H groups in total. The molecule has 8 heteroatoms. The van der Waals surface area contributed by atoms with Gasteiger partial charge in [-0.15, -0.1) is 0 Å². The van der Waals surface area contributed by atoms with Crippen LogP contribution in [0.2, 0.25) is 10.0 Å². The molecular weight excluding hydrogens is 461 g/mol. The average molecular weight is 480 g/mol. The molecule has 33 heavy (non-hydrogen) atoms. The Morgan fingerprint density at radius 3 is 2.03 bits per heavy atom. The van der Waals surface area contributed by atoms with Crippen LogP contribution in [0, 0.1) is 6.92 Å².